The van der Waals surface area contributed by atoms with Gasteiger partial charge >= 0.3 is 17.1 Å². The van der Waals surface area contributed by atoms with Crippen LogP contribution >= 0.6 is 15.9 Å². The van der Waals surface area contributed by atoms with Gasteiger partial charge in [0.15, 0.2) is 0 Å². The molecule has 185 valence electrons. The Kier molecular flexibility index (Phi) is 6.46. The molecule has 4 nitrogen and oxygen atoms in total. The predicted octanol–water partition coefficient (Wildman–Crippen LogP) is 8.01. The van der Waals surface area contributed by atoms with Crippen LogP contribution in [0.5, 0.6) is 0 Å². The summed E-state index contributed by atoms with van der Waals surface area (Å²) in [4.78, 5) is 19.9. The minimum atomic E-state index is 0. The van der Waals surface area contributed by atoms with Gasteiger partial charge in [0.1, 0.15) is 0 Å². The average molecular weight is 603 g/mol. The van der Waals surface area contributed by atoms with Gasteiger partial charge in [0.05, 0.1) is 22.8 Å². The van der Waals surface area contributed by atoms with Crippen LogP contribution in [-0.2, 0) is 17.1 Å². The van der Waals surface area contributed by atoms with E-state index < -0.39 is 0 Å². The normalized spacial score (nSPS) is 11.9. The maximum Gasteiger partial charge on any atom is 2.00 e. The fourth-order valence-corrected chi connectivity index (χ4v) is 5.23. The molecule has 2 aromatic carbocycles. The molecule has 5 heterocycles. The van der Waals surface area contributed by atoms with Crippen LogP contribution in [0.1, 0.15) is 22.8 Å². The Balaban J connectivity index is 0.00000264. The molecule has 0 atom stereocenters. The van der Waals surface area contributed by atoms with Crippen LogP contribution in [-0.4, -0.2) is 9.97 Å². The molecule has 0 fully saturated rings. The first-order valence-electron chi connectivity index (χ1n) is 12.0. The molecule has 7 rings (SSSR count). The average Bonchev–Trinajstić information content (AvgIpc) is 3.74. The molecule has 0 saturated carbocycles. The number of rotatable bonds is 2. The van der Waals surface area contributed by atoms with Crippen molar-refractivity contribution in [3.8, 4) is 22.3 Å². The van der Waals surface area contributed by atoms with Gasteiger partial charge in [-0.3, -0.25) is 0 Å². The molecule has 0 spiro atoms. The van der Waals surface area contributed by atoms with Crippen molar-refractivity contribution in [1.82, 2.24) is 19.9 Å². The van der Waals surface area contributed by atoms with E-state index in [1.807, 2.05) is 78.9 Å². The Morgan fingerprint density at radius 2 is 1.08 bits per heavy atom. The van der Waals surface area contributed by atoms with Crippen molar-refractivity contribution in [3.05, 3.63) is 118 Å². The summed E-state index contributed by atoms with van der Waals surface area (Å²) >= 11 is 3.79. The van der Waals surface area contributed by atoms with Gasteiger partial charge in [-0.15, -0.1) is 22.1 Å². The molecule has 5 aromatic rings. The van der Waals surface area contributed by atoms with E-state index in [-0.39, 0.29) is 17.1 Å². The second-order valence-corrected chi connectivity index (χ2v) is 9.68. The van der Waals surface area contributed by atoms with E-state index in [1.165, 1.54) is 0 Å². The van der Waals surface area contributed by atoms with Crippen molar-refractivity contribution in [2.45, 2.75) is 0 Å². The first kappa shape index (κ1) is 24.4. The first-order chi connectivity index (χ1) is 18.2. The summed E-state index contributed by atoms with van der Waals surface area (Å²) in [6.07, 6.45) is 8.15. The number of halogens is 1. The van der Waals surface area contributed by atoms with E-state index in [0.717, 1.165) is 71.6 Å². The van der Waals surface area contributed by atoms with Gasteiger partial charge in [0.2, 0.25) is 0 Å². The number of fused-ring (bicyclic) bond motifs is 8. The molecular weight excluding hydrogens is 584 g/mol. The van der Waals surface area contributed by atoms with Crippen LogP contribution in [0.3, 0.4) is 0 Å². The van der Waals surface area contributed by atoms with E-state index in [9.17, 15) is 0 Å². The largest absolute Gasteiger partial charge is 2.00 e. The van der Waals surface area contributed by atoms with Crippen LogP contribution in [0.15, 0.2) is 95.5 Å². The van der Waals surface area contributed by atoms with Crippen molar-refractivity contribution < 1.29 is 17.1 Å². The van der Waals surface area contributed by atoms with Crippen molar-refractivity contribution in [2.24, 2.45) is 0 Å². The molecule has 8 bridgehead atoms. The van der Waals surface area contributed by atoms with E-state index >= 15 is 0 Å². The molecule has 0 amide bonds. The van der Waals surface area contributed by atoms with E-state index in [4.69, 9.17) is 19.9 Å². The maximum atomic E-state index is 5.00. The van der Waals surface area contributed by atoms with Gasteiger partial charge in [-0.05, 0) is 62.5 Å². The van der Waals surface area contributed by atoms with E-state index in [1.54, 1.807) is 0 Å². The molecule has 2 aliphatic rings. The van der Waals surface area contributed by atoms with Crippen molar-refractivity contribution >= 4 is 62.3 Å². The monoisotopic (exact) mass is 601 g/mol. The second kappa shape index (κ2) is 10.1. The molecular formula is C32H19BrCuN4. The molecule has 6 heteroatoms. The zero-order chi connectivity index (χ0) is 24.8. The van der Waals surface area contributed by atoms with E-state index in [2.05, 4.69) is 52.3 Å². The minimum Gasteiger partial charge on any atom is -0.657 e. The van der Waals surface area contributed by atoms with Gasteiger partial charge in [0, 0.05) is 4.47 Å². The summed E-state index contributed by atoms with van der Waals surface area (Å²) < 4.78 is 0.845. The first-order valence-corrected chi connectivity index (χ1v) is 12.8. The molecule has 0 aliphatic carbocycles. The Morgan fingerprint density at radius 3 is 1.79 bits per heavy atom. The maximum absolute atomic E-state index is 5.00. The van der Waals surface area contributed by atoms with Gasteiger partial charge in [-0.2, -0.15) is 0 Å². The molecule has 0 unspecified atom stereocenters. The third-order valence-electron chi connectivity index (χ3n) is 6.50. The fraction of sp³-hybridized carbons (Fsp3) is 0. The van der Waals surface area contributed by atoms with Crippen LogP contribution in [0.2, 0.25) is 0 Å². The summed E-state index contributed by atoms with van der Waals surface area (Å²) in [5.41, 5.74) is 11.0. The second-order valence-electron chi connectivity index (χ2n) is 8.88. The fourth-order valence-electron chi connectivity index (χ4n) is 4.79. The molecule has 38 heavy (non-hydrogen) atoms. The Bertz CT molecular complexity index is 1850. The minimum absolute atomic E-state index is 0. The summed E-state index contributed by atoms with van der Waals surface area (Å²) in [7, 11) is 0. The predicted molar refractivity (Wildman–Crippen MR) is 155 cm³/mol. The molecule has 0 N–H and O–H groups in total. The van der Waals surface area contributed by atoms with Crippen molar-refractivity contribution in [1.29, 1.82) is 0 Å². The zero-order valence-corrected chi connectivity index (χ0v) is 22.5. The molecule has 2 aliphatic heterocycles. The van der Waals surface area contributed by atoms with E-state index in [0.29, 0.717) is 0 Å². The van der Waals surface area contributed by atoms with Crippen LogP contribution in [0.25, 0.3) is 68.6 Å². The van der Waals surface area contributed by atoms with Crippen LogP contribution < -0.4 is 9.97 Å². The van der Waals surface area contributed by atoms with Gasteiger partial charge in [-0.1, -0.05) is 91.0 Å². The number of aromatic nitrogens is 4. The smallest absolute Gasteiger partial charge is 0.657 e. The van der Waals surface area contributed by atoms with Gasteiger partial charge < -0.3 is 9.97 Å². The SMILES string of the molecule is Brc1c2nc(c(-c3ccccc3)c3ccc(cc4nc(c(-c5ccccc5)c5ccc1[n-]5)C=C4)[n-]3)C=C2.[Cu+2]. The van der Waals surface area contributed by atoms with Gasteiger partial charge in [-0.25, -0.2) is 9.97 Å². The summed E-state index contributed by atoms with van der Waals surface area (Å²) in [6, 6.07) is 30.7. The third-order valence-corrected chi connectivity index (χ3v) is 7.31. The third kappa shape index (κ3) is 4.37. The van der Waals surface area contributed by atoms with Crippen LogP contribution in [0, 0.1) is 0 Å². The Labute approximate surface area is 238 Å². The Hall–Kier alpha value is -3.96. The number of hydrogen-bond acceptors (Lipinski definition) is 2. The van der Waals surface area contributed by atoms with Crippen molar-refractivity contribution in [2.75, 3.05) is 0 Å². The standard InChI is InChI=1S/C32H19BrN4.Cu/c33-32-28-17-15-26(36-28)30(20-7-3-1-4-8-20)24-13-11-22(34-24)19-23-12-14-25(35-23)31(21-9-5-2-6-10-21)27-16-18-29(32)37-27;/h1-19H;/q-2;+2. The summed E-state index contributed by atoms with van der Waals surface area (Å²) in [5, 5.41) is 0. The number of hydrogen-bond donors (Lipinski definition) is 0. The summed E-state index contributed by atoms with van der Waals surface area (Å²) in [6.45, 7) is 0. The number of benzene rings is 2. The zero-order valence-electron chi connectivity index (χ0n) is 19.9. The van der Waals surface area contributed by atoms with Gasteiger partial charge in [0.25, 0.3) is 0 Å². The quantitative estimate of drug-likeness (QED) is 0.188. The number of nitrogens with zero attached hydrogens (tertiary/aromatic N) is 4. The van der Waals surface area contributed by atoms with Crippen molar-refractivity contribution in [3.63, 3.8) is 0 Å². The summed E-state index contributed by atoms with van der Waals surface area (Å²) in [5.74, 6) is 0. The van der Waals surface area contributed by atoms with Crippen LogP contribution in [0.4, 0.5) is 0 Å². The Morgan fingerprint density at radius 1 is 0.526 bits per heavy atom. The topological polar surface area (TPSA) is 54.0 Å². The molecule has 3 aromatic heterocycles. The molecule has 1 radical (unpaired) electrons. The molecule has 0 saturated heterocycles.